The number of carbonyl (C=O) groups is 2. The summed E-state index contributed by atoms with van der Waals surface area (Å²) in [5, 5.41) is 9.73. The number of hydrogen-bond donors (Lipinski definition) is 1. The fourth-order valence-corrected chi connectivity index (χ4v) is 2.34. The molecular formula is C16H19NO4. The summed E-state index contributed by atoms with van der Waals surface area (Å²) in [4.78, 5) is 24.3. The summed E-state index contributed by atoms with van der Waals surface area (Å²) in [6, 6.07) is 3.94. The summed E-state index contributed by atoms with van der Waals surface area (Å²) in [7, 11) is 0. The summed E-state index contributed by atoms with van der Waals surface area (Å²) in [5.41, 5.74) is 3.78. The SMILES string of the molecule is CCN(CC(=O)O)C(=O)Cc1coc2c(C)c(C)ccc12. The van der Waals surface area contributed by atoms with Gasteiger partial charge in [0, 0.05) is 17.5 Å². The van der Waals surface area contributed by atoms with Gasteiger partial charge in [0.2, 0.25) is 5.91 Å². The predicted molar refractivity (Wildman–Crippen MR) is 79.3 cm³/mol. The second-order valence-electron chi connectivity index (χ2n) is 5.12. The molecule has 0 saturated carbocycles. The molecule has 5 heteroatoms. The van der Waals surface area contributed by atoms with Crippen molar-refractivity contribution < 1.29 is 19.1 Å². The van der Waals surface area contributed by atoms with E-state index in [0.29, 0.717) is 6.54 Å². The van der Waals surface area contributed by atoms with Gasteiger partial charge in [0.05, 0.1) is 12.7 Å². The molecule has 2 aromatic rings. The molecule has 1 amide bonds. The monoisotopic (exact) mass is 289 g/mol. The largest absolute Gasteiger partial charge is 0.480 e. The third-order valence-electron chi connectivity index (χ3n) is 3.74. The highest BCUT2D eigenvalue weighted by atomic mass is 16.4. The van der Waals surface area contributed by atoms with Crippen molar-refractivity contribution in [1.82, 2.24) is 4.90 Å². The zero-order chi connectivity index (χ0) is 15.6. The predicted octanol–water partition coefficient (Wildman–Crippen LogP) is 2.53. The third kappa shape index (κ3) is 3.07. The van der Waals surface area contributed by atoms with Crippen LogP contribution in [0, 0.1) is 13.8 Å². The lowest BCUT2D eigenvalue weighted by molar-refractivity contribution is -0.144. The molecule has 21 heavy (non-hydrogen) atoms. The van der Waals surface area contributed by atoms with Crippen LogP contribution in [0.15, 0.2) is 22.8 Å². The molecule has 0 atom stereocenters. The average molecular weight is 289 g/mol. The molecule has 0 saturated heterocycles. The molecule has 1 aromatic carbocycles. The molecular weight excluding hydrogens is 270 g/mol. The lowest BCUT2D eigenvalue weighted by atomic mass is 10.0. The lowest BCUT2D eigenvalue weighted by Gasteiger charge is -2.18. The summed E-state index contributed by atoms with van der Waals surface area (Å²) >= 11 is 0. The number of amides is 1. The van der Waals surface area contributed by atoms with Crippen LogP contribution in [0.3, 0.4) is 0 Å². The van der Waals surface area contributed by atoms with E-state index in [-0.39, 0.29) is 18.9 Å². The Balaban J connectivity index is 2.25. The summed E-state index contributed by atoms with van der Waals surface area (Å²) < 4.78 is 5.57. The van der Waals surface area contributed by atoms with Gasteiger partial charge in [0.15, 0.2) is 0 Å². The number of furan rings is 1. The van der Waals surface area contributed by atoms with E-state index in [1.165, 1.54) is 4.90 Å². The first-order valence-corrected chi connectivity index (χ1v) is 6.89. The first kappa shape index (κ1) is 15.1. The van der Waals surface area contributed by atoms with Crippen LogP contribution >= 0.6 is 0 Å². The van der Waals surface area contributed by atoms with E-state index in [1.807, 2.05) is 26.0 Å². The summed E-state index contributed by atoms with van der Waals surface area (Å²) in [6.45, 7) is 5.85. The highest BCUT2D eigenvalue weighted by Crippen LogP contribution is 2.27. The van der Waals surface area contributed by atoms with Crippen molar-refractivity contribution in [3.63, 3.8) is 0 Å². The molecule has 0 aliphatic heterocycles. The normalized spacial score (nSPS) is 10.8. The van der Waals surface area contributed by atoms with E-state index in [2.05, 4.69) is 0 Å². The molecule has 5 nitrogen and oxygen atoms in total. The number of carboxylic acids is 1. The minimum Gasteiger partial charge on any atom is -0.480 e. The second kappa shape index (κ2) is 5.99. The van der Waals surface area contributed by atoms with E-state index in [4.69, 9.17) is 9.52 Å². The number of carboxylic acid groups (broad SMARTS) is 1. The number of carbonyl (C=O) groups excluding carboxylic acids is 1. The molecule has 0 fully saturated rings. The third-order valence-corrected chi connectivity index (χ3v) is 3.74. The van der Waals surface area contributed by atoms with Gasteiger partial charge in [0.25, 0.3) is 0 Å². The first-order chi connectivity index (χ1) is 9.93. The number of nitrogens with zero attached hydrogens (tertiary/aromatic N) is 1. The molecule has 1 heterocycles. The topological polar surface area (TPSA) is 70.8 Å². The van der Waals surface area contributed by atoms with E-state index in [0.717, 1.165) is 27.7 Å². The van der Waals surface area contributed by atoms with Crippen LogP contribution in [0.1, 0.15) is 23.6 Å². The second-order valence-corrected chi connectivity index (χ2v) is 5.12. The molecule has 0 radical (unpaired) electrons. The standard InChI is InChI=1S/C16H19NO4/c1-4-17(8-15(19)20)14(18)7-12-9-21-16-11(3)10(2)5-6-13(12)16/h5-6,9H,4,7-8H2,1-3H3,(H,19,20). The van der Waals surface area contributed by atoms with Crippen LogP contribution in [-0.2, 0) is 16.0 Å². The van der Waals surface area contributed by atoms with Crippen molar-refractivity contribution in [2.24, 2.45) is 0 Å². The summed E-state index contributed by atoms with van der Waals surface area (Å²) in [5.74, 6) is -1.21. The van der Waals surface area contributed by atoms with Gasteiger partial charge in [-0.1, -0.05) is 12.1 Å². The molecule has 0 spiro atoms. The Kier molecular flexibility index (Phi) is 4.31. The smallest absolute Gasteiger partial charge is 0.323 e. The quantitative estimate of drug-likeness (QED) is 0.918. The van der Waals surface area contributed by atoms with Crippen molar-refractivity contribution in [2.45, 2.75) is 27.2 Å². The molecule has 112 valence electrons. The van der Waals surface area contributed by atoms with Crippen LogP contribution in [0.25, 0.3) is 11.0 Å². The zero-order valence-corrected chi connectivity index (χ0v) is 12.5. The number of likely N-dealkylation sites (N-methyl/N-ethyl adjacent to an activating group) is 1. The molecule has 1 aromatic heterocycles. The number of rotatable bonds is 5. The molecule has 0 aliphatic carbocycles. The number of fused-ring (bicyclic) bond motifs is 1. The molecule has 0 bridgehead atoms. The van der Waals surface area contributed by atoms with Gasteiger partial charge < -0.3 is 14.4 Å². The molecule has 2 rings (SSSR count). The van der Waals surface area contributed by atoms with Gasteiger partial charge in [-0.2, -0.15) is 0 Å². The molecule has 1 N–H and O–H groups in total. The van der Waals surface area contributed by atoms with Gasteiger partial charge in [-0.3, -0.25) is 9.59 Å². The van der Waals surface area contributed by atoms with Crippen LogP contribution < -0.4 is 0 Å². The number of aliphatic carboxylic acids is 1. The highest BCUT2D eigenvalue weighted by molar-refractivity contribution is 5.90. The average Bonchev–Trinajstić information content (AvgIpc) is 2.83. The van der Waals surface area contributed by atoms with Crippen LogP contribution in [0.5, 0.6) is 0 Å². The van der Waals surface area contributed by atoms with Crippen molar-refractivity contribution >= 4 is 22.8 Å². The minimum atomic E-state index is -1.01. The Morgan fingerprint density at radius 1 is 1.29 bits per heavy atom. The van der Waals surface area contributed by atoms with E-state index in [9.17, 15) is 9.59 Å². The maximum absolute atomic E-state index is 12.2. The summed E-state index contributed by atoms with van der Waals surface area (Å²) in [6.07, 6.45) is 1.74. The minimum absolute atomic E-state index is 0.149. The van der Waals surface area contributed by atoms with Crippen molar-refractivity contribution in [3.05, 3.63) is 35.1 Å². The highest BCUT2D eigenvalue weighted by Gasteiger charge is 2.18. The van der Waals surface area contributed by atoms with Crippen LogP contribution in [-0.4, -0.2) is 35.0 Å². The number of aryl methyl sites for hydroxylation is 2. The van der Waals surface area contributed by atoms with Gasteiger partial charge >= 0.3 is 5.97 Å². The Hall–Kier alpha value is -2.30. The van der Waals surface area contributed by atoms with Gasteiger partial charge in [0.1, 0.15) is 12.1 Å². The van der Waals surface area contributed by atoms with Gasteiger partial charge in [-0.25, -0.2) is 0 Å². The van der Waals surface area contributed by atoms with Crippen LogP contribution in [0.4, 0.5) is 0 Å². The Morgan fingerprint density at radius 3 is 2.62 bits per heavy atom. The zero-order valence-electron chi connectivity index (χ0n) is 12.5. The fourth-order valence-electron chi connectivity index (χ4n) is 2.34. The number of hydrogen-bond acceptors (Lipinski definition) is 3. The van der Waals surface area contributed by atoms with E-state index in [1.54, 1.807) is 13.2 Å². The van der Waals surface area contributed by atoms with Crippen molar-refractivity contribution in [2.75, 3.05) is 13.1 Å². The number of benzene rings is 1. The van der Waals surface area contributed by atoms with Gasteiger partial charge in [-0.05, 0) is 31.9 Å². The molecule has 0 aliphatic rings. The Morgan fingerprint density at radius 2 is 2.00 bits per heavy atom. The lowest BCUT2D eigenvalue weighted by Crippen LogP contribution is -2.36. The van der Waals surface area contributed by atoms with E-state index < -0.39 is 5.97 Å². The van der Waals surface area contributed by atoms with Gasteiger partial charge in [-0.15, -0.1) is 0 Å². The maximum atomic E-state index is 12.2. The maximum Gasteiger partial charge on any atom is 0.323 e. The van der Waals surface area contributed by atoms with Crippen LogP contribution in [0.2, 0.25) is 0 Å². The fraction of sp³-hybridized carbons (Fsp3) is 0.375. The Bertz CT molecular complexity index is 687. The van der Waals surface area contributed by atoms with E-state index >= 15 is 0 Å². The van der Waals surface area contributed by atoms with Crippen molar-refractivity contribution in [1.29, 1.82) is 0 Å². The first-order valence-electron chi connectivity index (χ1n) is 6.89. The molecule has 0 unspecified atom stereocenters. The Labute approximate surface area is 123 Å². The van der Waals surface area contributed by atoms with Crippen molar-refractivity contribution in [3.8, 4) is 0 Å².